The number of hydrogen-bond acceptors (Lipinski definition) is 3. The molecule has 1 aromatic heterocycles. The number of aliphatic hydroxyl groups is 1. The van der Waals surface area contributed by atoms with Crippen LogP contribution < -0.4 is 10.6 Å². The first kappa shape index (κ1) is 16.1. The second kappa shape index (κ2) is 6.66. The van der Waals surface area contributed by atoms with Crippen LogP contribution in [0.4, 0.5) is 10.5 Å². The molecule has 1 unspecified atom stereocenters. The van der Waals surface area contributed by atoms with E-state index in [1.54, 1.807) is 12.1 Å². The van der Waals surface area contributed by atoms with E-state index in [1.165, 1.54) is 6.26 Å². The molecular formula is C17H22N2O3. The first-order valence-electron chi connectivity index (χ1n) is 7.24. The van der Waals surface area contributed by atoms with Gasteiger partial charge in [0.25, 0.3) is 0 Å². The third-order valence-electron chi connectivity index (χ3n) is 3.31. The third-order valence-corrected chi connectivity index (χ3v) is 3.31. The number of hydrogen-bond donors (Lipinski definition) is 3. The highest BCUT2D eigenvalue weighted by Crippen LogP contribution is 2.29. The second-order valence-corrected chi connectivity index (χ2v) is 6.16. The van der Waals surface area contributed by atoms with Gasteiger partial charge in [-0.1, -0.05) is 39.0 Å². The molecule has 0 aliphatic rings. The summed E-state index contributed by atoms with van der Waals surface area (Å²) in [4.78, 5) is 12.0. The van der Waals surface area contributed by atoms with Crippen molar-refractivity contribution in [3.8, 4) is 0 Å². The van der Waals surface area contributed by atoms with Gasteiger partial charge in [-0.2, -0.15) is 0 Å². The summed E-state index contributed by atoms with van der Waals surface area (Å²) < 4.78 is 5.09. The Morgan fingerprint density at radius 2 is 1.95 bits per heavy atom. The summed E-state index contributed by atoms with van der Waals surface area (Å²) in [6, 6.07) is 10.7. The number of rotatable bonds is 4. The van der Waals surface area contributed by atoms with Crippen LogP contribution in [0, 0.1) is 0 Å². The van der Waals surface area contributed by atoms with Crippen molar-refractivity contribution in [2.45, 2.75) is 32.3 Å². The van der Waals surface area contributed by atoms with Crippen LogP contribution in [0.1, 0.15) is 38.2 Å². The molecule has 1 aromatic carbocycles. The molecule has 5 heteroatoms. The molecular weight excluding hydrogens is 280 g/mol. The molecule has 0 saturated carbocycles. The zero-order valence-corrected chi connectivity index (χ0v) is 13.1. The van der Waals surface area contributed by atoms with Gasteiger partial charge in [0, 0.05) is 5.69 Å². The number of furan rings is 1. The van der Waals surface area contributed by atoms with Crippen LogP contribution in [0.15, 0.2) is 47.1 Å². The number of carbonyl (C=O) groups excluding carboxylic acids is 1. The van der Waals surface area contributed by atoms with Gasteiger partial charge >= 0.3 is 6.03 Å². The van der Waals surface area contributed by atoms with Crippen LogP contribution >= 0.6 is 0 Å². The molecule has 0 bridgehead atoms. The van der Waals surface area contributed by atoms with Crippen molar-refractivity contribution in [3.63, 3.8) is 0 Å². The Morgan fingerprint density at radius 3 is 2.59 bits per heavy atom. The SMILES string of the molecule is CC(C)(C)c1ccccc1NC(=O)NCC(O)c1ccco1. The lowest BCUT2D eigenvalue weighted by molar-refractivity contribution is 0.149. The fourth-order valence-corrected chi connectivity index (χ4v) is 2.18. The van der Waals surface area contributed by atoms with Crippen molar-refractivity contribution in [2.75, 3.05) is 11.9 Å². The molecule has 2 amide bonds. The first-order chi connectivity index (χ1) is 10.4. The molecule has 0 fully saturated rings. The molecule has 1 heterocycles. The quantitative estimate of drug-likeness (QED) is 0.810. The molecule has 0 aliphatic heterocycles. The summed E-state index contributed by atoms with van der Waals surface area (Å²) in [6.45, 7) is 6.35. The van der Waals surface area contributed by atoms with Gasteiger partial charge in [0.2, 0.25) is 0 Å². The molecule has 0 saturated heterocycles. The Morgan fingerprint density at radius 1 is 1.23 bits per heavy atom. The average molecular weight is 302 g/mol. The summed E-state index contributed by atoms with van der Waals surface area (Å²) in [5.41, 5.74) is 1.74. The van der Waals surface area contributed by atoms with Crippen molar-refractivity contribution in [3.05, 3.63) is 54.0 Å². The summed E-state index contributed by atoms with van der Waals surface area (Å²) in [6.07, 6.45) is 0.622. The van der Waals surface area contributed by atoms with E-state index >= 15 is 0 Å². The fourth-order valence-electron chi connectivity index (χ4n) is 2.18. The van der Waals surface area contributed by atoms with Gasteiger partial charge in [-0.15, -0.1) is 0 Å². The molecule has 22 heavy (non-hydrogen) atoms. The van der Waals surface area contributed by atoms with E-state index in [4.69, 9.17) is 4.42 Å². The van der Waals surface area contributed by atoms with Crippen molar-refractivity contribution >= 4 is 11.7 Å². The Labute approximate surface area is 130 Å². The van der Waals surface area contributed by atoms with Crippen LogP contribution in [0.5, 0.6) is 0 Å². The number of nitrogens with one attached hydrogen (secondary N) is 2. The van der Waals surface area contributed by atoms with Crippen molar-refractivity contribution in [1.29, 1.82) is 0 Å². The first-order valence-corrected chi connectivity index (χ1v) is 7.24. The minimum atomic E-state index is -0.862. The largest absolute Gasteiger partial charge is 0.467 e. The van der Waals surface area contributed by atoms with E-state index in [-0.39, 0.29) is 18.0 Å². The fraction of sp³-hybridized carbons (Fsp3) is 0.353. The van der Waals surface area contributed by atoms with Crippen LogP contribution in [-0.2, 0) is 5.41 Å². The molecule has 2 rings (SSSR count). The van der Waals surface area contributed by atoms with E-state index < -0.39 is 6.10 Å². The standard InChI is InChI=1S/C17H22N2O3/c1-17(2,3)12-7-4-5-8-13(12)19-16(21)18-11-14(20)15-9-6-10-22-15/h4-10,14,20H,11H2,1-3H3,(H2,18,19,21). The molecule has 0 aliphatic carbocycles. The van der Waals surface area contributed by atoms with Crippen LogP contribution in [0.3, 0.4) is 0 Å². The maximum absolute atomic E-state index is 12.0. The highest BCUT2D eigenvalue weighted by molar-refractivity contribution is 5.90. The summed E-state index contributed by atoms with van der Waals surface area (Å²) >= 11 is 0. The summed E-state index contributed by atoms with van der Waals surface area (Å²) in [5.74, 6) is 0.426. The number of anilines is 1. The molecule has 0 radical (unpaired) electrons. The number of carbonyl (C=O) groups is 1. The maximum atomic E-state index is 12.0. The smallest absolute Gasteiger partial charge is 0.319 e. The highest BCUT2D eigenvalue weighted by atomic mass is 16.4. The predicted octanol–water partition coefficient (Wildman–Crippen LogP) is 3.43. The Balaban J connectivity index is 1.95. The number of amides is 2. The zero-order chi connectivity index (χ0) is 16.2. The second-order valence-electron chi connectivity index (χ2n) is 6.16. The van der Waals surface area contributed by atoms with Gasteiger partial charge in [-0.05, 0) is 29.2 Å². The number of aliphatic hydroxyl groups excluding tert-OH is 1. The van der Waals surface area contributed by atoms with Gasteiger partial charge < -0.3 is 20.2 Å². The van der Waals surface area contributed by atoms with Crippen LogP contribution in [0.25, 0.3) is 0 Å². The van der Waals surface area contributed by atoms with Crippen molar-refractivity contribution < 1.29 is 14.3 Å². The van der Waals surface area contributed by atoms with Gasteiger partial charge in [0.1, 0.15) is 11.9 Å². The summed E-state index contributed by atoms with van der Waals surface area (Å²) in [7, 11) is 0. The van der Waals surface area contributed by atoms with Crippen LogP contribution in [-0.4, -0.2) is 17.7 Å². The normalized spacial score (nSPS) is 12.7. The van der Waals surface area contributed by atoms with E-state index in [2.05, 4.69) is 31.4 Å². The van der Waals surface area contributed by atoms with Gasteiger partial charge in [-0.3, -0.25) is 0 Å². The number of benzene rings is 1. The number of para-hydroxylation sites is 1. The highest BCUT2D eigenvalue weighted by Gasteiger charge is 2.19. The van der Waals surface area contributed by atoms with E-state index in [9.17, 15) is 9.90 Å². The minimum Gasteiger partial charge on any atom is -0.467 e. The van der Waals surface area contributed by atoms with E-state index in [0.29, 0.717) is 5.76 Å². The number of urea groups is 1. The van der Waals surface area contributed by atoms with Gasteiger partial charge in [-0.25, -0.2) is 4.79 Å². The molecule has 5 nitrogen and oxygen atoms in total. The topological polar surface area (TPSA) is 74.5 Å². The van der Waals surface area contributed by atoms with Gasteiger partial charge in [0.05, 0.1) is 12.8 Å². The van der Waals surface area contributed by atoms with E-state index in [0.717, 1.165) is 11.3 Å². The monoisotopic (exact) mass is 302 g/mol. The predicted molar refractivity (Wildman–Crippen MR) is 85.8 cm³/mol. The van der Waals surface area contributed by atoms with Crippen LogP contribution in [0.2, 0.25) is 0 Å². The maximum Gasteiger partial charge on any atom is 0.319 e. The lowest BCUT2D eigenvalue weighted by atomic mass is 9.86. The molecule has 1 atom stereocenters. The third kappa shape index (κ3) is 4.11. The van der Waals surface area contributed by atoms with E-state index in [1.807, 2.05) is 24.3 Å². The lowest BCUT2D eigenvalue weighted by Gasteiger charge is -2.23. The molecule has 118 valence electrons. The Hall–Kier alpha value is -2.27. The Kier molecular flexibility index (Phi) is 4.88. The van der Waals surface area contributed by atoms with Gasteiger partial charge in [0.15, 0.2) is 0 Å². The average Bonchev–Trinajstić information content (AvgIpc) is 2.98. The van der Waals surface area contributed by atoms with Crippen molar-refractivity contribution in [1.82, 2.24) is 5.32 Å². The molecule has 0 spiro atoms. The zero-order valence-electron chi connectivity index (χ0n) is 13.1. The molecule has 3 N–H and O–H groups in total. The molecule has 2 aromatic rings. The minimum absolute atomic E-state index is 0.0719. The lowest BCUT2D eigenvalue weighted by Crippen LogP contribution is -2.33. The van der Waals surface area contributed by atoms with Crippen molar-refractivity contribution in [2.24, 2.45) is 0 Å². The Bertz CT molecular complexity index is 615. The summed E-state index contributed by atoms with van der Waals surface area (Å²) in [5, 5.41) is 15.3.